The molecule has 0 N–H and O–H groups in total. The Morgan fingerprint density at radius 3 is 2.26 bits per heavy atom. The van der Waals surface area contributed by atoms with E-state index in [0.29, 0.717) is 12.5 Å². The summed E-state index contributed by atoms with van der Waals surface area (Å²) in [5, 5.41) is -0.0554. The van der Waals surface area contributed by atoms with Gasteiger partial charge < -0.3 is 18.9 Å². The molecule has 1 amide bonds. The van der Waals surface area contributed by atoms with Gasteiger partial charge in [-0.3, -0.25) is 0 Å². The van der Waals surface area contributed by atoms with Gasteiger partial charge in [0.2, 0.25) is 0 Å². The van der Waals surface area contributed by atoms with Crippen LogP contribution in [0.15, 0.2) is 0 Å². The van der Waals surface area contributed by atoms with Crippen molar-refractivity contribution in [1.82, 2.24) is 4.90 Å². The molecule has 0 aromatic rings. The second-order valence-electron chi connectivity index (χ2n) is 9.41. The third-order valence-corrected chi connectivity index (χ3v) is 5.89. The summed E-state index contributed by atoms with van der Waals surface area (Å²) >= 11 is 0. The van der Waals surface area contributed by atoms with E-state index in [9.17, 15) is 4.79 Å². The molecule has 2 saturated heterocycles. The molecule has 3 rings (SSSR count). The highest BCUT2D eigenvalue weighted by Crippen LogP contribution is 2.68. The number of ether oxygens (including phenoxy) is 1. The molecule has 0 spiro atoms. The maximum Gasteiger partial charge on any atom is 0.466 e. The molecule has 0 aromatic carbocycles. The van der Waals surface area contributed by atoms with Gasteiger partial charge >= 0.3 is 13.2 Å². The lowest BCUT2D eigenvalue weighted by molar-refractivity contribution is 0.00578. The van der Waals surface area contributed by atoms with Gasteiger partial charge in [-0.15, -0.1) is 0 Å². The summed E-state index contributed by atoms with van der Waals surface area (Å²) in [4.78, 5) is 14.2. The third-order valence-electron chi connectivity index (χ3n) is 5.89. The predicted molar refractivity (Wildman–Crippen MR) is 89.3 cm³/mol. The van der Waals surface area contributed by atoms with Crippen molar-refractivity contribution in [1.29, 1.82) is 0 Å². The molecular formula is C17H30BNO4. The zero-order valence-electron chi connectivity index (χ0n) is 15.6. The summed E-state index contributed by atoms with van der Waals surface area (Å²) < 4.78 is 18.1. The minimum Gasteiger partial charge on any atom is -0.444 e. The molecule has 0 bridgehead atoms. The quantitative estimate of drug-likeness (QED) is 0.693. The first-order valence-electron chi connectivity index (χ1n) is 8.70. The van der Waals surface area contributed by atoms with Crippen LogP contribution in [-0.2, 0) is 14.0 Å². The Balaban J connectivity index is 1.71. The molecule has 0 unspecified atom stereocenters. The van der Waals surface area contributed by atoms with E-state index < -0.39 is 5.60 Å². The highest BCUT2D eigenvalue weighted by atomic mass is 16.7. The number of likely N-dealkylation sites (tertiary alicyclic amines) is 1. The normalized spacial score (nSPS) is 35.0. The fourth-order valence-corrected chi connectivity index (χ4v) is 3.65. The Kier molecular flexibility index (Phi) is 3.63. The lowest BCUT2D eigenvalue weighted by Gasteiger charge is -2.35. The predicted octanol–water partition coefficient (Wildman–Crippen LogP) is 3.48. The van der Waals surface area contributed by atoms with Crippen molar-refractivity contribution in [2.45, 2.75) is 83.4 Å². The minimum atomic E-state index is -0.463. The molecule has 2 heterocycles. The van der Waals surface area contributed by atoms with Crippen LogP contribution >= 0.6 is 0 Å². The standard InChI is InChI=1S/C17H30BNO4/c1-14(2,3)21-13(20)19-9-8-12-10-17(12,11-19)18-22-15(4,5)16(6,7)23-18/h12H,8-11H2,1-7H3/t12-,17+/m1/s1. The van der Waals surface area contributed by atoms with Gasteiger partial charge in [0.15, 0.2) is 0 Å². The van der Waals surface area contributed by atoms with Gasteiger partial charge in [0.05, 0.1) is 11.2 Å². The number of carbonyl (C=O) groups excluding carboxylic acids is 1. The maximum atomic E-state index is 12.4. The molecule has 6 heteroatoms. The average molecular weight is 323 g/mol. The van der Waals surface area contributed by atoms with Gasteiger partial charge in [0, 0.05) is 18.4 Å². The highest BCUT2D eigenvalue weighted by Gasteiger charge is 2.71. The highest BCUT2D eigenvalue weighted by molar-refractivity contribution is 6.51. The van der Waals surface area contributed by atoms with Crippen LogP contribution in [0.3, 0.4) is 0 Å². The van der Waals surface area contributed by atoms with Crippen molar-refractivity contribution in [3.05, 3.63) is 0 Å². The minimum absolute atomic E-state index is 0.0554. The van der Waals surface area contributed by atoms with E-state index in [1.165, 1.54) is 0 Å². The Labute approximate surface area is 140 Å². The summed E-state index contributed by atoms with van der Waals surface area (Å²) in [6.07, 6.45) is 1.85. The first kappa shape index (κ1) is 17.1. The fraction of sp³-hybridized carbons (Fsp3) is 0.941. The number of rotatable bonds is 1. The van der Waals surface area contributed by atoms with Crippen LogP contribution in [0, 0.1) is 5.92 Å². The third kappa shape index (κ3) is 2.89. The Morgan fingerprint density at radius 2 is 1.74 bits per heavy atom. The number of hydrogen-bond donors (Lipinski definition) is 0. The van der Waals surface area contributed by atoms with Crippen molar-refractivity contribution in [3.63, 3.8) is 0 Å². The van der Waals surface area contributed by atoms with Crippen LogP contribution in [0.4, 0.5) is 4.79 Å². The van der Waals surface area contributed by atoms with Crippen molar-refractivity contribution in [2.24, 2.45) is 5.92 Å². The molecule has 0 aromatic heterocycles. The summed E-state index contributed by atoms with van der Waals surface area (Å²) in [6.45, 7) is 15.5. The summed E-state index contributed by atoms with van der Waals surface area (Å²) in [6, 6.07) is 0. The van der Waals surface area contributed by atoms with E-state index in [-0.39, 0.29) is 29.7 Å². The summed E-state index contributed by atoms with van der Waals surface area (Å²) in [5.74, 6) is 0.593. The van der Waals surface area contributed by atoms with Crippen LogP contribution in [0.5, 0.6) is 0 Å². The van der Waals surface area contributed by atoms with Gasteiger partial charge in [-0.05, 0) is 67.2 Å². The lowest BCUT2D eigenvalue weighted by atomic mass is 9.64. The molecule has 2 aliphatic heterocycles. The van der Waals surface area contributed by atoms with Crippen molar-refractivity contribution >= 4 is 13.2 Å². The average Bonchev–Trinajstić information content (AvgIpc) is 3.04. The summed E-state index contributed by atoms with van der Waals surface area (Å²) in [7, 11) is -0.234. The first-order chi connectivity index (χ1) is 10.4. The SMILES string of the molecule is CC(C)(C)OC(=O)N1CC[C@@H]2C[C@]2(B2OC(C)(C)C(C)(C)O2)C1. The molecular weight excluding hydrogens is 293 g/mol. The fourth-order valence-electron chi connectivity index (χ4n) is 3.65. The maximum absolute atomic E-state index is 12.4. The van der Waals surface area contributed by atoms with Gasteiger partial charge in [-0.25, -0.2) is 4.79 Å². The zero-order valence-corrected chi connectivity index (χ0v) is 15.6. The number of amides is 1. The van der Waals surface area contributed by atoms with Crippen molar-refractivity contribution < 1.29 is 18.8 Å². The lowest BCUT2D eigenvalue weighted by Crippen LogP contribution is -2.46. The number of carbonyl (C=O) groups is 1. The monoisotopic (exact) mass is 323 g/mol. The van der Waals surface area contributed by atoms with E-state index in [0.717, 1.165) is 19.4 Å². The van der Waals surface area contributed by atoms with Gasteiger partial charge in [0.25, 0.3) is 0 Å². The molecule has 0 radical (unpaired) electrons. The Hall–Kier alpha value is -0.745. The molecule has 5 nitrogen and oxygen atoms in total. The second-order valence-corrected chi connectivity index (χ2v) is 9.41. The molecule has 2 atom stereocenters. The van der Waals surface area contributed by atoms with Crippen LogP contribution in [0.25, 0.3) is 0 Å². The van der Waals surface area contributed by atoms with E-state index in [2.05, 4.69) is 27.7 Å². The molecule has 3 aliphatic rings. The van der Waals surface area contributed by atoms with Gasteiger partial charge in [0.1, 0.15) is 5.60 Å². The number of hydrogen-bond acceptors (Lipinski definition) is 4. The Bertz CT molecular complexity index is 497. The number of nitrogens with zero attached hydrogens (tertiary/aromatic N) is 1. The van der Waals surface area contributed by atoms with E-state index >= 15 is 0 Å². The van der Waals surface area contributed by atoms with Crippen molar-refractivity contribution in [2.75, 3.05) is 13.1 Å². The summed E-state index contributed by atoms with van der Waals surface area (Å²) in [5.41, 5.74) is -1.11. The molecule has 130 valence electrons. The Morgan fingerprint density at radius 1 is 1.17 bits per heavy atom. The van der Waals surface area contributed by atoms with E-state index in [1.54, 1.807) is 0 Å². The van der Waals surface area contributed by atoms with Gasteiger partial charge in [-0.2, -0.15) is 0 Å². The van der Waals surface area contributed by atoms with Crippen LogP contribution < -0.4 is 0 Å². The molecule has 3 fully saturated rings. The molecule has 23 heavy (non-hydrogen) atoms. The largest absolute Gasteiger partial charge is 0.466 e. The van der Waals surface area contributed by atoms with Gasteiger partial charge in [-0.1, -0.05) is 0 Å². The van der Waals surface area contributed by atoms with Crippen molar-refractivity contribution in [3.8, 4) is 0 Å². The van der Waals surface area contributed by atoms with Crippen LogP contribution in [-0.4, -0.2) is 48.0 Å². The van der Waals surface area contributed by atoms with E-state index in [4.69, 9.17) is 14.0 Å². The van der Waals surface area contributed by atoms with Crippen LogP contribution in [0.1, 0.15) is 61.3 Å². The number of piperidine rings is 1. The van der Waals surface area contributed by atoms with Crippen LogP contribution in [0.2, 0.25) is 5.31 Å². The smallest absolute Gasteiger partial charge is 0.444 e. The van der Waals surface area contributed by atoms with E-state index in [1.807, 2.05) is 25.7 Å². The number of fused-ring (bicyclic) bond motifs is 1. The second kappa shape index (κ2) is 4.88. The molecule has 1 saturated carbocycles. The first-order valence-corrected chi connectivity index (χ1v) is 8.70. The zero-order chi connectivity index (χ0) is 17.3. The molecule has 1 aliphatic carbocycles. The topological polar surface area (TPSA) is 48.0 Å².